The number of rotatable bonds is 5. The van der Waals surface area contributed by atoms with E-state index in [0.29, 0.717) is 23.9 Å². The molecule has 4 rings (SSSR count). The van der Waals surface area contributed by atoms with E-state index in [1.54, 1.807) is 24.3 Å². The van der Waals surface area contributed by atoms with Gasteiger partial charge in [0.05, 0.1) is 0 Å². The van der Waals surface area contributed by atoms with Crippen molar-refractivity contribution in [1.82, 2.24) is 15.5 Å². The third kappa shape index (κ3) is 3.93. The van der Waals surface area contributed by atoms with Crippen molar-refractivity contribution in [2.75, 3.05) is 0 Å². The van der Waals surface area contributed by atoms with Crippen LogP contribution in [0.4, 0.5) is 0 Å². The molecule has 1 N–H and O–H groups in total. The Labute approximate surface area is 156 Å². The van der Waals surface area contributed by atoms with Crippen molar-refractivity contribution in [2.45, 2.75) is 6.54 Å². The molecule has 0 atom stereocenters. The number of aromatic nitrogens is 2. The van der Waals surface area contributed by atoms with E-state index in [9.17, 15) is 4.79 Å². The lowest BCUT2D eigenvalue weighted by Gasteiger charge is -2.05. The molecule has 132 valence electrons. The van der Waals surface area contributed by atoms with Crippen LogP contribution in [-0.4, -0.2) is 16.1 Å². The number of nitrogens with zero attached hydrogens (tertiary/aromatic N) is 2. The van der Waals surface area contributed by atoms with Crippen molar-refractivity contribution in [1.29, 1.82) is 0 Å². The molecule has 0 saturated heterocycles. The van der Waals surface area contributed by atoms with Gasteiger partial charge in [-0.25, -0.2) is 0 Å². The minimum Gasteiger partial charge on any atom is -0.416 e. The normalized spacial score (nSPS) is 10.5. The maximum atomic E-state index is 12.3. The zero-order chi connectivity index (χ0) is 18.5. The van der Waals surface area contributed by atoms with Gasteiger partial charge in [0, 0.05) is 23.2 Å². The number of hydrogen-bond donors (Lipinski definition) is 1. The van der Waals surface area contributed by atoms with Gasteiger partial charge in [0.15, 0.2) is 0 Å². The SMILES string of the molecule is O=C(NCc1ccccc1)c1ccc(-c2nnc(-c3ccccc3)o2)cc1. The molecule has 1 amide bonds. The van der Waals surface area contributed by atoms with E-state index in [0.717, 1.165) is 16.7 Å². The lowest BCUT2D eigenvalue weighted by atomic mass is 10.1. The summed E-state index contributed by atoms with van der Waals surface area (Å²) in [6.07, 6.45) is 0. The third-order valence-corrected chi connectivity index (χ3v) is 4.14. The molecule has 0 aliphatic carbocycles. The molecule has 1 aromatic heterocycles. The lowest BCUT2D eigenvalue weighted by molar-refractivity contribution is 0.0951. The van der Waals surface area contributed by atoms with Gasteiger partial charge in [0.25, 0.3) is 5.91 Å². The van der Waals surface area contributed by atoms with E-state index in [-0.39, 0.29) is 5.91 Å². The topological polar surface area (TPSA) is 68.0 Å². The smallest absolute Gasteiger partial charge is 0.251 e. The van der Waals surface area contributed by atoms with E-state index in [1.165, 1.54) is 0 Å². The van der Waals surface area contributed by atoms with Crippen LogP contribution in [0.15, 0.2) is 89.3 Å². The van der Waals surface area contributed by atoms with Gasteiger partial charge in [-0.2, -0.15) is 0 Å². The van der Waals surface area contributed by atoms with Crippen molar-refractivity contribution in [3.63, 3.8) is 0 Å². The summed E-state index contributed by atoms with van der Waals surface area (Å²) in [6, 6.07) is 26.5. The first-order chi connectivity index (χ1) is 13.3. The number of hydrogen-bond acceptors (Lipinski definition) is 4. The summed E-state index contributed by atoms with van der Waals surface area (Å²) < 4.78 is 5.74. The molecular weight excluding hydrogens is 338 g/mol. The minimum absolute atomic E-state index is 0.124. The Balaban J connectivity index is 1.44. The minimum atomic E-state index is -0.124. The Morgan fingerprint density at radius 1 is 0.741 bits per heavy atom. The summed E-state index contributed by atoms with van der Waals surface area (Å²) in [7, 11) is 0. The first-order valence-electron chi connectivity index (χ1n) is 8.61. The van der Waals surface area contributed by atoms with Gasteiger partial charge in [-0.3, -0.25) is 4.79 Å². The molecule has 0 aliphatic rings. The first kappa shape index (κ1) is 16.7. The fourth-order valence-electron chi connectivity index (χ4n) is 2.68. The zero-order valence-corrected chi connectivity index (χ0v) is 14.5. The summed E-state index contributed by atoms with van der Waals surface area (Å²) >= 11 is 0. The predicted molar refractivity (Wildman–Crippen MR) is 103 cm³/mol. The summed E-state index contributed by atoms with van der Waals surface area (Å²) in [5, 5.41) is 11.1. The van der Waals surface area contributed by atoms with Crippen molar-refractivity contribution in [3.8, 4) is 22.9 Å². The van der Waals surface area contributed by atoms with E-state index in [1.807, 2.05) is 60.7 Å². The Bertz CT molecular complexity index is 1030. The maximum absolute atomic E-state index is 12.3. The fraction of sp³-hybridized carbons (Fsp3) is 0.0455. The number of benzene rings is 3. The van der Waals surface area contributed by atoms with E-state index < -0.39 is 0 Å². The molecule has 3 aromatic carbocycles. The molecule has 0 aliphatic heterocycles. The summed E-state index contributed by atoms with van der Waals surface area (Å²) in [6.45, 7) is 0.492. The number of carbonyl (C=O) groups excluding carboxylic acids is 1. The molecule has 0 radical (unpaired) electrons. The van der Waals surface area contributed by atoms with Crippen LogP contribution in [0.5, 0.6) is 0 Å². The third-order valence-electron chi connectivity index (χ3n) is 4.14. The second-order valence-corrected chi connectivity index (χ2v) is 6.02. The highest BCUT2D eigenvalue weighted by molar-refractivity contribution is 5.94. The zero-order valence-electron chi connectivity index (χ0n) is 14.5. The largest absolute Gasteiger partial charge is 0.416 e. The van der Waals surface area contributed by atoms with Crippen LogP contribution >= 0.6 is 0 Å². The van der Waals surface area contributed by atoms with Crippen LogP contribution in [0.1, 0.15) is 15.9 Å². The Hall–Kier alpha value is -3.73. The molecule has 0 saturated carbocycles. The number of carbonyl (C=O) groups is 1. The Morgan fingerprint density at radius 2 is 1.30 bits per heavy atom. The molecule has 1 heterocycles. The highest BCUT2D eigenvalue weighted by atomic mass is 16.4. The van der Waals surface area contributed by atoms with Crippen LogP contribution in [0.3, 0.4) is 0 Å². The molecule has 0 fully saturated rings. The monoisotopic (exact) mass is 355 g/mol. The Kier molecular flexibility index (Phi) is 4.74. The van der Waals surface area contributed by atoms with Gasteiger partial charge in [-0.15, -0.1) is 10.2 Å². The highest BCUT2D eigenvalue weighted by Crippen LogP contribution is 2.23. The Morgan fingerprint density at radius 3 is 1.93 bits per heavy atom. The number of amides is 1. The molecule has 0 bridgehead atoms. The van der Waals surface area contributed by atoms with Crippen LogP contribution in [-0.2, 0) is 6.54 Å². The van der Waals surface area contributed by atoms with Crippen LogP contribution in [0.2, 0.25) is 0 Å². The number of nitrogens with one attached hydrogen (secondary N) is 1. The van der Waals surface area contributed by atoms with Crippen LogP contribution in [0.25, 0.3) is 22.9 Å². The summed E-state index contributed by atoms with van der Waals surface area (Å²) in [4.78, 5) is 12.3. The van der Waals surface area contributed by atoms with Gasteiger partial charge in [0.2, 0.25) is 11.8 Å². The quantitative estimate of drug-likeness (QED) is 0.578. The average molecular weight is 355 g/mol. The van der Waals surface area contributed by atoms with E-state index in [4.69, 9.17) is 4.42 Å². The second-order valence-electron chi connectivity index (χ2n) is 6.02. The van der Waals surface area contributed by atoms with Gasteiger partial charge < -0.3 is 9.73 Å². The molecule has 5 nitrogen and oxygen atoms in total. The molecule has 0 unspecified atom stereocenters. The fourth-order valence-corrected chi connectivity index (χ4v) is 2.68. The molecule has 0 spiro atoms. The van der Waals surface area contributed by atoms with Crippen molar-refractivity contribution in [3.05, 3.63) is 96.1 Å². The summed E-state index contributed by atoms with van der Waals surface area (Å²) in [5.41, 5.74) is 3.27. The van der Waals surface area contributed by atoms with Crippen molar-refractivity contribution in [2.24, 2.45) is 0 Å². The van der Waals surface area contributed by atoms with Gasteiger partial charge >= 0.3 is 0 Å². The summed E-state index contributed by atoms with van der Waals surface area (Å²) in [5.74, 6) is 0.765. The molecule has 5 heteroatoms. The average Bonchev–Trinajstić information content (AvgIpc) is 3.24. The second kappa shape index (κ2) is 7.66. The van der Waals surface area contributed by atoms with Crippen LogP contribution in [0, 0.1) is 0 Å². The molecular formula is C22H17N3O2. The predicted octanol–water partition coefficient (Wildman–Crippen LogP) is 4.33. The standard InChI is InChI=1S/C22H17N3O2/c26-20(23-15-16-7-3-1-4-8-16)17-11-13-19(14-12-17)22-25-24-21(27-22)18-9-5-2-6-10-18/h1-14H,15H2,(H,23,26). The highest BCUT2D eigenvalue weighted by Gasteiger charge is 2.11. The van der Waals surface area contributed by atoms with Gasteiger partial charge in [-0.1, -0.05) is 48.5 Å². The maximum Gasteiger partial charge on any atom is 0.251 e. The van der Waals surface area contributed by atoms with E-state index >= 15 is 0 Å². The van der Waals surface area contributed by atoms with Crippen LogP contribution < -0.4 is 5.32 Å². The van der Waals surface area contributed by atoms with Gasteiger partial charge in [0.1, 0.15) is 0 Å². The lowest BCUT2D eigenvalue weighted by Crippen LogP contribution is -2.22. The first-order valence-corrected chi connectivity index (χ1v) is 8.61. The van der Waals surface area contributed by atoms with Crippen molar-refractivity contribution < 1.29 is 9.21 Å². The molecule has 27 heavy (non-hydrogen) atoms. The van der Waals surface area contributed by atoms with Gasteiger partial charge in [-0.05, 0) is 42.0 Å². The van der Waals surface area contributed by atoms with Crippen molar-refractivity contribution >= 4 is 5.91 Å². The van der Waals surface area contributed by atoms with E-state index in [2.05, 4.69) is 15.5 Å². The molecule has 4 aromatic rings.